The number of morpholine rings is 1. The third-order valence-electron chi connectivity index (χ3n) is 2.78. The molecule has 7 nitrogen and oxygen atoms in total. The van der Waals surface area contributed by atoms with Gasteiger partial charge < -0.3 is 15.8 Å². The van der Waals surface area contributed by atoms with Crippen LogP contribution in [0.3, 0.4) is 0 Å². The van der Waals surface area contributed by atoms with Crippen molar-refractivity contribution in [2.24, 2.45) is 0 Å². The summed E-state index contributed by atoms with van der Waals surface area (Å²) < 4.78 is 5.40. The maximum absolute atomic E-state index is 11.5. The van der Waals surface area contributed by atoms with Crippen LogP contribution < -0.4 is 11.1 Å². The van der Waals surface area contributed by atoms with Crippen LogP contribution in [-0.2, 0) is 16.1 Å². The van der Waals surface area contributed by atoms with Crippen molar-refractivity contribution in [1.82, 2.24) is 20.2 Å². The van der Waals surface area contributed by atoms with Gasteiger partial charge in [-0.2, -0.15) is 0 Å². The Kier molecular flexibility index (Phi) is 4.06. The number of hydrogen-bond donors (Lipinski definition) is 2. The smallest absolute Gasteiger partial charge is 0.250 e. The van der Waals surface area contributed by atoms with E-state index in [2.05, 4.69) is 20.2 Å². The normalized spacial score (nSPS) is 20.6. The summed E-state index contributed by atoms with van der Waals surface area (Å²) in [5.74, 6) is 1.01. The quantitative estimate of drug-likeness (QED) is 0.716. The second-order valence-corrected chi connectivity index (χ2v) is 4.11. The van der Waals surface area contributed by atoms with Crippen LogP contribution in [0.2, 0.25) is 0 Å². The molecule has 1 amide bonds. The van der Waals surface area contributed by atoms with Gasteiger partial charge >= 0.3 is 0 Å². The van der Waals surface area contributed by atoms with Gasteiger partial charge in [0, 0.05) is 26.3 Å². The van der Waals surface area contributed by atoms with Crippen LogP contribution in [-0.4, -0.2) is 53.6 Å². The Hall–Kier alpha value is -1.73. The minimum atomic E-state index is -0.426. The Morgan fingerprint density at radius 2 is 2.56 bits per heavy atom. The van der Waals surface area contributed by atoms with Gasteiger partial charge in [0.05, 0.1) is 13.2 Å². The third kappa shape index (κ3) is 3.14. The fourth-order valence-electron chi connectivity index (χ4n) is 1.86. The molecule has 1 fully saturated rings. The maximum Gasteiger partial charge on any atom is 0.250 e. The Morgan fingerprint density at radius 1 is 1.72 bits per heavy atom. The van der Waals surface area contributed by atoms with Crippen LogP contribution in [0.5, 0.6) is 0 Å². The van der Waals surface area contributed by atoms with Crippen LogP contribution in [0.4, 0.5) is 5.82 Å². The van der Waals surface area contributed by atoms with Crippen molar-refractivity contribution >= 4 is 11.7 Å². The molecule has 98 valence electrons. The molecule has 0 aliphatic carbocycles. The summed E-state index contributed by atoms with van der Waals surface area (Å²) in [7, 11) is 1.60. The number of amides is 1. The van der Waals surface area contributed by atoms with Crippen molar-refractivity contribution in [1.29, 1.82) is 0 Å². The molecule has 0 saturated carbocycles. The lowest BCUT2D eigenvalue weighted by atomic mass is 10.2. The Balaban J connectivity index is 1.95. The van der Waals surface area contributed by atoms with Crippen LogP contribution in [0.25, 0.3) is 0 Å². The van der Waals surface area contributed by atoms with Crippen LogP contribution >= 0.6 is 0 Å². The predicted molar refractivity (Wildman–Crippen MR) is 65.5 cm³/mol. The molecule has 2 heterocycles. The van der Waals surface area contributed by atoms with E-state index in [1.54, 1.807) is 19.3 Å². The zero-order chi connectivity index (χ0) is 13.0. The first kappa shape index (κ1) is 12.7. The minimum absolute atomic E-state index is 0.104. The lowest BCUT2D eigenvalue weighted by Crippen LogP contribution is -2.48. The average molecular weight is 251 g/mol. The first-order valence-corrected chi connectivity index (χ1v) is 5.82. The molecule has 1 aliphatic heterocycles. The van der Waals surface area contributed by atoms with Gasteiger partial charge in [0.1, 0.15) is 17.7 Å². The van der Waals surface area contributed by atoms with E-state index in [-0.39, 0.29) is 5.91 Å². The van der Waals surface area contributed by atoms with E-state index in [9.17, 15) is 4.79 Å². The standard InChI is InChI=1S/C11H17N5O2/c1-13-11(17)8-6-16(4-5-18-8)7-10-14-3-2-9(12)15-10/h2-3,8H,4-7H2,1H3,(H,13,17)(H2,12,14,15)/t8-/m0/s1. The molecule has 2 rings (SSSR count). The predicted octanol–water partition coefficient (Wildman–Crippen LogP) is -0.994. The van der Waals surface area contributed by atoms with Crippen LogP contribution in [0.1, 0.15) is 5.82 Å². The van der Waals surface area contributed by atoms with E-state index in [0.717, 1.165) is 6.54 Å². The van der Waals surface area contributed by atoms with Crippen molar-refractivity contribution in [2.75, 3.05) is 32.5 Å². The first-order chi connectivity index (χ1) is 8.69. The highest BCUT2D eigenvalue weighted by Gasteiger charge is 2.26. The Morgan fingerprint density at radius 3 is 3.28 bits per heavy atom. The fraction of sp³-hybridized carbons (Fsp3) is 0.545. The summed E-state index contributed by atoms with van der Waals surface area (Å²) in [6.07, 6.45) is 1.21. The van der Waals surface area contributed by atoms with Crippen molar-refractivity contribution in [3.8, 4) is 0 Å². The number of nitrogens with two attached hydrogens (primary N) is 1. The van der Waals surface area contributed by atoms with E-state index in [4.69, 9.17) is 10.5 Å². The van der Waals surface area contributed by atoms with Gasteiger partial charge in [0.25, 0.3) is 0 Å². The second-order valence-electron chi connectivity index (χ2n) is 4.11. The molecule has 1 aromatic heterocycles. The summed E-state index contributed by atoms with van der Waals surface area (Å²) in [4.78, 5) is 21.9. The number of ether oxygens (including phenoxy) is 1. The number of carbonyl (C=O) groups excluding carboxylic acids is 1. The van der Waals surface area contributed by atoms with E-state index in [1.165, 1.54) is 0 Å². The van der Waals surface area contributed by atoms with Crippen LogP contribution in [0, 0.1) is 0 Å². The van der Waals surface area contributed by atoms with Gasteiger partial charge in [-0.05, 0) is 6.07 Å². The number of carbonyl (C=O) groups is 1. The first-order valence-electron chi connectivity index (χ1n) is 5.82. The van der Waals surface area contributed by atoms with Gasteiger partial charge in [-0.15, -0.1) is 0 Å². The molecule has 0 bridgehead atoms. The number of aromatic nitrogens is 2. The fourth-order valence-corrected chi connectivity index (χ4v) is 1.86. The monoisotopic (exact) mass is 251 g/mol. The maximum atomic E-state index is 11.5. The second kappa shape index (κ2) is 5.74. The van der Waals surface area contributed by atoms with Gasteiger partial charge in [-0.1, -0.05) is 0 Å². The van der Waals surface area contributed by atoms with E-state index >= 15 is 0 Å². The van der Waals surface area contributed by atoms with Crippen molar-refractivity contribution in [2.45, 2.75) is 12.6 Å². The summed E-state index contributed by atoms with van der Waals surface area (Å²) in [5, 5.41) is 2.59. The molecule has 7 heteroatoms. The van der Waals surface area contributed by atoms with Gasteiger partial charge in [0.15, 0.2) is 0 Å². The van der Waals surface area contributed by atoms with Crippen molar-refractivity contribution < 1.29 is 9.53 Å². The SMILES string of the molecule is CNC(=O)[C@@H]1CN(Cc2nccc(N)n2)CCO1. The Bertz CT molecular complexity index is 426. The Labute approximate surface area is 105 Å². The molecule has 18 heavy (non-hydrogen) atoms. The lowest BCUT2D eigenvalue weighted by Gasteiger charge is -2.31. The van der Waals surface area contributed by atoms with E-state index in [0.29, 0.717) is 31.3 Å². The van der Waals surface area contributed by atoms with Crippen molar-refractivity contribution in [3.63, 3.8) is 0 Å². The molecule has 0 radical (unpaired) electrons. The third-order valence-corrected chi connectivity index (χ3v) is 2.78. The number of rotatable bonds is 3. The van der Waals surface area contributed by atoms with Gasteiger partial charge in [-0.3, -0.25) is 9.69 Å². The molecular weight excluding hydrogens is 234 g/mol. The summed E-state index contributed by atoms with van der Waals surface area (Å²) in [6, 6.07) is 1.65. The van der Waals surface area contributed by atoms with Gasteiger partial charge in [0.2, 0.25) is 5.91 Å². The summed E-state index contributed by atoms with van der Waals surface area (Å²) in [6.45, 7) is 2.39. The van der Waals surface area contributed by atoms with E-state index in [1.807, 2.05) is 0 Å². The molecule has 1 aliphatic rings. The molecule has 1 aromatic rings. The number of likely N-dealkylation sites (N-methyl/N-ethyl adjacent to an activating group) is 1. The minimum Gasteiger partial charge on any atom is -0.384 e. The average Bonchev–Trinajstić information content (AvgIpc) is 2.38. The molecule has 0 unspecified atom stereocenters. The number of nitrogens with zero attached hydrogens (tertiary/aromatic N) is 3. The molecule has 1 atom stereocenters. The molecule has 0 aromatic carbocycles. The van der Waals surface area contributed by atoms with Crippen molar-refractivity contribution in [3.05, 3.63) is 18.1 Å². The van der Waals surface area contributed by atoms with Crippen LogP contribution in [0.15, 0.2) is 12.3 Å². The summed E-state index contributed by atoms with van der Waals surface area (Å²) >= 11 is 0. The zero-order valence-corrected chi connectivity index (χ0v) is 10.3. The highest BCUT2D eigenvalue weighted by atomic mass is 16.5. The molecule has 1 saturated heterocycles. The molecule has 3 N–H and O–H groups in total. The number of anilines is 1. The largest absolute Gasteiger partial charge is 0.384 e. The topological polar surface area (TPSA) is 93.4 Å². The van der Waals surface area contributed by atoms with E-state index < -0.39 is 6.10 Å². The zero-order valence-electron chi connectivity index (χ0n) is 10.3. The molecular formula is C11H17N5O2. The summed E-state index contributed by atoms with van der Waals surface area (Å²) in [5.41, 5.74) is 5.60. The molecule has 0 spiro atoms. The number of nitrogen functional groups attached to an aromatic ring is 1. The number of nitrogens with one attached hydrogen (secondary N) is 1. The number of hydrogen-bond acceptors (Lipinski definition) is 6. The highest BCUT2D eigenvalue weighted by molar-refractivity contribution is 5.80. The highest BCUT2D eigenvalue weighted by Crippen LogP contribution is 2.08. The van der Waals surface area contributed by atoms with Gasteiger partial charge in [-0.25, -0.2) is 9.97 Å². The lowest BCUT2D eigenvalue weighted by molar-refractivity contribution is -0.138.